The molecule has 0 aliphatic rings. The molecule has 2 heterocycles. The van der Waals surface area contributed by atoms with Crippen LogP contribution in [0.3, 0.4) is 0 Å². The van der Waals surface area contributed by atoms with Crippen LogP contribution in [0.5, 0.6) is 5.75 Å². The molecule has 30 heavy (non-hydrogen) atoms. The molecule has 0 radical (unpaired) electrons. The molecule has 0 bridgehead atoms. The number of nitrogens with zero attached hydrogens (tertiary/aromatic N) is 2. The minimum Gasteiger partial charge on any atom is -0.497 e. The van der Waals surface area contributed by atoms with Crippen LogP contribution < -0.4 is 15.6 Å². The number of thiophene rings is 1. The Morgan fingerprint density at radius 3 is 2.83 bits per heavy atom. The topological polar surface area (TPSA) is 73.2 Å². The molecule has 0 spiro atoms. The maximum Gasteiger partial charge on any atom is 0.276 e. The third kappa shape index (κ3) is 4.24. The number of methoxy groups -OCH3 is 1. The van der Waals surface area contributed by atoms with Crippen molar-refractivity contribution in [2.75, 3.05) is 18.2 Å². The number of benzene rings is 2. The highest BCUT2D eigenvalue weighted by molar-refractivity contribution is 7.99. The first-order valence-corrected chi connectivity index (χ1v) is 11.1. The molecular weight excluding hydrogens is 418 g/mol. The van der Waals surface area contributed by atoms with Crippen LogP contribution in [0.4, 0.5) is 5.69 Å². The van der Waals surface area contributed by atoms with Crippen molar-refractivity contribution in [3.8, 4) is 11.4 Å². The van der Waals surface area contributed by atoms with Gasteiger partial charge in [0.25, 0.3) is 5.56 Å². The highest BCUT2D eigenvalue weighted by atomic mass is 32.2. The molecule has 1 amide bonds. The molecule has 6 nitrogen and oxygen atoms in total. The van der Waals surface area contributed by atoms with Gasteiger partial charge in [0.15, 0.2) is 5.16 Å². The zero-order valence-corrected chi connectivity index (χ0v) is 18.0. The Balaban J connectivity index is 1.62. The normalized spacial score (nSPS) is 10.9. The van der Waals surface area contributed by atoms with Crippen molar-refractivity contribution in [1.29, 1.82) is 0 Å². The lowest BCUT2D eigenvalue weighted by Gasteiger charge is -2.13. The average molecular weight is 438 g/mol. The van der Waals surface area contributed by atoms with Crippen molar-refractivity contribution in [2.45, 2.75) is 12.1 Å². The first kappa shape index (κ1) is 20.2. The van der Waals surface area contributed by atoms with E-state index in [1.807, 2.05) is 54.8 Å². The van der Waals surface area contributed by atoms with Gasteiger partial charge in [0.2, 0.25) is 5.91 Å². The lowest BCUT2D eigenvalue weighted by atomic mass is 10.2. The number of fused-ring (bicyclic) bond motifs is 1. The van der Waals surface area contributed by atoms with E-state index in [1.165, 1.54) is 23.1 Å². The van der Waals surface area contributed by atoms with Crippen LogP contribution in [0.2, 0.25) is 0 Å². The van der Waals surface area contributed by atoms with Gasteiger partial charge in [-0.15, -0.1) is 11.3 Å². The van der Waals surface area contributed by atoms with E-state index in [-0.39, 0.29) is 17.2 Å². The van der Waals surface area contributed by atoms with Gasteiger partial charge in [0, 0.05) is 11.8 Å². The number of carbonyl (C=O) groups is 1. The third-order valence-electron chi connectivity index (χ3n) is 4.39. The first-order chi connectivity index (χ1) is 14.5. The number of aryl methyl sites for hydroxylation is 1. The summed E-state index contributed by atoms with van der Waals surface area (Å²) in [7, 11) is 1.58. The number of hydrogen-bond donors (Lipinski definition) is 1. The van der Waals surface area contributed by atoms with Crippen LogP contribution in [-0.2, 0) is 4.79 Å². The van der Waals surface area contributed by atoms with Crippen molar-refractivity contribution >= 4 is 44.9 Å². The number of thioether (sulfide) groups is 1. The Labute approximate surface area is 181 Å². The maximum absolute atomic E-state index is 13.1. The number of amides is 1. The minimum absolute atomic E-state index is 0.116. The second-order valence-electron chi connectivity index (χ2n) is 6.58. The summed E-state index contributed by atoms with van der Waals surface area (Å²) in [5, 5.41) is 5.18. The van der Waals surface area contributed by atoms with Crippen molar-refractivity contribution in [2.24, 2.45) is 0 Å². The Bertz CT molecular complexity index is 1280. The zero-order valence-electron chi connectivity index (χ0n) is 16.4. The van der Waals surface area contributed by atoms with Gasteiger partial charge in [-0.05, 0) is 48.2 Å². The van der Waals surface area contributed by atoms with Gasteiger partial charge in [0.05, 0.1) is 24.1 Å². The second kappa shape index (κ2) is 8.73. The predicted octanol–water partition coefficient (Wildman–Crippen LogP) is 4.50. The summed E-state index contributed by atoms with van der Waals surface area (Å²) in [5.41, 5.74) is 2.94. The molecule has 0 saturated heterocycles. The lowest BCUT2D eigenvalue weighted by molar-refractivity contribution is -0.113. The molecular formula is C22H19N3O3S2. The molecule has 4 aromatic rings. The van der Waals surface area contributed by atoms with Crippen molar-refractivity contribution in [1.82, 2.24) is 9.55 Å². The summed E-state index contributed by atoms with van der Waals surface area (Å²) in [5.74, 6) is 0.590. The predicted molar refractivity (Wildman–Crippen MR) is 122 cm³/mol. The molecule has 0 atom stereocenters. The summed E-state index contributed by atoms with van der Waals surface area (Å²) < 4.78 is 7.36. The van der Waals surface area contributed by atoms with E-state index < -0.39 is 0 Å². The summed E-state index contributed by atoms with van der Waals surface area (Å²) in [6.45, 7) is 1.97. The molecule has 0 fully saturated rings. The standard InChI is InChI=1S/C22H19N3O3S2/c1-14-5-3-7-16(11-14)25-21(27)20-18(9-10-29-20)24-22(25)30-13-19(26)23-15-6-4-8-17(12-15)28-2/h3-12H,13H2,1-2H3,(H,23,26). The van der Waals surface area contributed by atoms with Crippen LogP contribution in [0.25, 0.3) is 15.9 Å². The van der Waals surface area contributed by atoms with Gasteiger partial charge in [-0.1, -0.05) is 30.0 Å². The van der Waals surface area contributed by atoms with E-state index in [9.17, 15) is 9.59 Å². The molecule has 2 aromatic carbocycles. The average Bonchev–Trinajstić information content (AvgIpc) is 3.21. The van der Waals surface area contributed by atoms with Crippen molar-refractivity contribution < 1.29 is 9.53 Å². The van der Waals surface area contributed by atoms with E-state index >= 15 is 0 Å². The number of carbonyl (C=O) groups excluding carboxylic acids is 1. The van der Waals surface area contributed by atoms with E-state index in [0.29, 0.717) is 26.8 Å². The largest absolute Gasteiger partial charge is 0.497 e. The van der Waals surface area contributed by atoms with E-state index in [1.54, 1.807) is 23.8 Å². The van der Waals surface area contributed by atoms with Crippen molar-refractivity contribution in [3.05, 3.63) is 75.9 Å². The van der Waals surface area contributed by atoms with E-state index in [4.69, 9.17) is 4.74 Å². The van der Waals surface area contributed by atoms with Gasteiger partial charge < -0.3 is 10.1 Å². The quantitative estimate of drug-likeness (QED) is 0.355. The zero-order chi connectivity index (χ0) is 21.1. The molecule has 152 valence electrons. The smallest absolute Gasteiger partial charge is 0.276 e. The molecule has 0 aliphatic heterocycles. The molecule has 0 saturated carbocycles. The van der Waals surface area contributed by atoms with E-state index in [0.717, 1.165) is 11.3 Å². The Kier molecular flexibility index (Phi) is 5.87. The summed E-state index contributed by atoms with van der Waals surface area (Å²) >= 11 is 2.60. The van der Waals surface area contributed by atoms with Crippen LogP contribution in [0.15, 0.2) is 69.9 Å². The molecule has 8 heteroatoms. The summed E-state index contributed by atoms with van der Waals surface area (Å²) in [6, 6.07) is 16.7. The minimum atomic E-state index is -0.191. The van der Waals surface area contributed by atoms with E-state index in [2.05, 4.69) is 10.3 Å². The fourth-order valence-electron chi connectivity index (χ4n) is 3.01. The summed E-state index contributed by atoms with van der Waals surface area (Å²) in [6.07, 6.45) is 0. The lowest BCUT2D eigenvalue weighted by Crippen LogP contribution is -2.22. The highest BCUT2D eigenvalue weighted by Crippen LogP contribution is 2.24. The molecule has 0 aliphatic carbocycles. The van der Waals surface area contributed by atoms with Gasteiger partial charge >= 0.3 is 0 Å². The van der Waals surface area contributed by atoms with Gasteiger partial charge in [-0.2, -0.15) is 0 Å². The summed E-state index contributed by atoms with van der Waals surface area (Å²) in [4.78, 5) is 30.3. The van der Waals surface area contributed by atoms with Crippen LogP contribution in [0.1, 0.15) is 5.56 Å². The number of ether oxygens (including phenoxy) is 1. The SMILES string of the molecule is COc1cccc(NC(=O)CSc2nc3ccsc3c(=O)n2-c2cccc(C)c2)c1. The van der Waals surface area contributed by atoms with Crippen LogP contribution in [-0.4, -0.2) is 28.3 Å². The molecule has 2 aromatic heterocycles. The number of hydrogen-bond acceptors (Lipinski definition) is 6. The van der Waals surface area contributed by atoms with Crippen LogP contribution in [0, 0.1) is 6.92 Å². The Morgan fingerprint density at radius 2 is 2.03 bits per heavy atom. The van der Waals surface area contributed by atoms with Crippen LogP contribution >= 0.6 is 23.1 Å². The van der Waals surface area contributed by atoms with Gasteiger partial charge in [-0.25, -0.2) is 4.98 Å². The third-order valence-corrected chi connectivity index (χ3v) is 6.23. The molecule has 0 unspecified atom stereocenters. The Hall–Kier alpha value is -3.10. The second-order valence-corrected chi connectivity index (χ2v) is 8.44. The first-order valence-electron chi connectivity index (χ1n) is 9.19. The van der Waals surface area contributed by atoms with Gasteiger partial charge in [0.1, 0.15) is 10.4 Å². The molecule has 1 N–H and O–H groups in total. The number of anilines is 1. The number of aromatic nitrogens is 2. The monoisotopic (exact) mass is 437 g/mol. The van der Waals surface area contributed by atoms with Crippen molar-refractivity contribution in [3.63, 3.8) is 0 Å². The highest BCUT2D eigenvalue weighted by Gasteiger charge is 2.16. The Morgan fingerprint density at radius 1 is 1.20 bits per heavy atom. The number of nitrogens with one attached hydrogen (secondary N) is 1. The fourth-order valence-corrected chi connectivity index (χ4v) is 4.58. The van der Waals surface area contributed by atoms with Gasteiger partial charge in [-0.3, -0.25) is 14.2 Å². The number of rotatable bonds is 6. The maximum atomic E-state index is 13.1. The fraction of sp³-hybridized carbons (Fsp3) is 0.136. The molecule has 4 rings (SSSR count).